The van der Waals surface area contributed by atoms with Crippen LogP contribution in [0.1, 0.15) is 43.4 Å². The lowest BCUT2D eigenvalue weighted by Gasteiger charge is -2.36. The van der Waals surface area contributed by atoms with Crippen LogP contribution in [0.5, 0.6) is 5.75 Å². The largest absolute Gasteiger partial charge is 0.497 e. The molecule has 2 aromatic carbocycles. The topological polar surface area (TPSA) is 54.5 Å². The van der Waals surface area contributed by atoms with Crippen molar-refractivity contribution in [2.24, 2.45) is 0 Å². The molecule has 1 aromatic heterocycles. The zero-order valence-corrected chi connectivity index (χ0v) is 18.2. The summed E-state index contributed by atoms with van der Waals surface area (Å²) in [6, 6.07) is 20.8. The Balaban J connectivity index is 1.48. The highest BCUT2D eigenvalue weighted by Crippen LogP contribution is 2.33. The summed E-state index contributed by atoms with van der Waals surface area (Å²) >= 11 is 0. The molecule has 160 valence electrons. The molecule has 0 spiro atoms. The number of anilines is 1. The third-order valence-electron chi connectivity index (χ3n) is 5.81. The third-order valence-corrected chi connectivity index (χ3v) is 5.81. The normalized spacial score (nSPS) is 16.6. The predicted molar refractivity (Wildman–Crippen MR) is 124 cm³/mol. The van der Waals surface area contributed by atoms with Crippen LogP contribution < -0.4 is 10.1 Å². The van der Waals surface area contributed by atoms with Crippen molar-refractivity contribution in [2.75, 3.05) is 19.0 Å². The van der Waals surface area contributed by atoms with Gasteiger partial charge in [-0.05, 0) is 60.8 Å². The molecule has 1 saturated heterocycles. The average molecular weight is 416 g/mol. The zero-order chi connectivity index (χ0) is 21.6. The van der Waals surface area contributed by atoms with E-state index >= 15 is 0 Å². The van der Waals surface area contributed by atoms with Gasteiger partial charge in [0.05, 0.1) is 12.8 Å². The number of rotatable bonds is 6. The summed E-state index contributed by atoms with van der Waals surface area (Å²) in [5.74, 6) is 0.792. The highest BCUT2D eigenvalue weighted by molar-refractivity contribution is 5.88. The van der Waals surface area contributed by atoms with Crippen molar-refractivity contribution >= 4 is 11.6 Å². The van der Waals surface area contributed by atoms with E-state index in [1.165, 1.54) is 30.9 Å². The van der Waals surface area contributed by atoms with Crippen LogP contribution >= 0.6 is 0 Å². The fourth-order valence-corrected chi connectivity index (χ4v) is 4.24. The number of nitrogens with one attached hydrogen (secondary N) is 1. The van der Waals surface area contributed by atoms with Gasteiger partial charge in [-0.25, -0.2) is 0 Å². The number of hydrogen-bond donors (Lipinski definition) is 1. The van der Waals surface area contributed by atoms with Crippen LogP contribution in [0.3, 0.4) is 0 Å². The molecule has 1 aliphatic rings. The van der Waals surface area contributed by atoms with Crippen LogP contribution in [0.4, 0.5) is 5.69 Å². The number of piperidine rings is 1. The molecular weight excluding hydrogens is 386 g/mol. The summed E-state index contributed by atoms with van der Waals surface area (Å²) in [7, 11) is 1.68. The van der Waals surface area contributed by atoms with Crippen molar-refractivity contribution in [3.8, 4) is 17.0 Å². The molecule has 0 aliphatic carbocycles. The van der Waals surface area contributed by atoms with Gasteiger partial charge in [0.2, 0.25) is 5.91 Å². The number of carbonyl (C=O) groups excluding carboxylic acids is 1. The molecule has 1 unspecified atom stereocenters. The van der Waals surface area contributed by atoms with E-state index in [2.05, 4.69) is 40.5 Å². The van der Waals surface area contributed by atoms with Gasteiger partial charge in [-0.15, -0.1) is 0 Å². The molecule has 2 heterocycles. The molecule has 1 atom stereocenters. The fraction of sp³-hybridized carbons (Fsp3) is 0.308. The van der Waals surface area contributed by atoms with Crippen LogP contribution in [0.15, 0.2) is 66.9 Å². The summed E-state index contributed by atoms with van der Waals surface area (Å²) in [6.07, 6.45) is 5.62. The first-order valence-electron chi connectivity index (χ1n) is 10.8. The van der Waals surface area contributed by atoms with E-state index < -0.39 is 0 Å². The second-order valence-corrected chi connectivity index (χ2v) is 8.07. The maximum Gasteiger partial charge on any atom is 0.221 e. The number of hydrogen-bond acceptors (Lipinski definition) is 4. The summed E-state index contributed by atoms with van der Waals surface area (Å²) in [5.41, 5.74) is 5.37. The standard InChI is InChI=1S/C26H29N3O2/c1-19(30)28-23-12-9-20(10-13-23)18-29-15-4-3-8-26(29)22-11-14-25(27-17-22)21-6-5-7-24(16-21)31-2/h5-7,9-14,16-17,26H,3-4,8,15,18H2,1-2H3,(H,28,30). The van der Waals surface area contributed by atoms with E-state index in [0.717, 1.165) is 42.2 Å². The van der Waals surface area contributed by atoms with Crippen LogP contribution in [-0.2, 0) is 11.3 Å². The van der Waals surface area contributed by atoms with Gasteiger partial charge in [-0.3, -0.25) is 14.7 Å². The smallest absolute Gasteiger partial charge is 0.221 e. The fourth-order valence-electron chi connectivity index (χ4n) is 4.24. The van der Waals surface area contributed by atoms with Gasteiger partial charge in [0.25, 0.3) is 0 Å². The van der Waals surface area contributed by atoms with Crippen molar-refractivity contribution < 1.29 is 9.53 Å². The molecule has 0 radical (unpaired) electrons. The number of methoxy groups -OCH3 is 1. The Labute approximate surface area is 184 Å². The average Bonchev–Trinajstić information content (AvgIpc) is 2.80. The van der Waals surface area contributed by atoms with Gasteiger partial charge >= 0.3 is 0 Å². The van der Waals surface area contributed by atoms with Crippen molar-refractivity contribution in [1.29, 1.82) is 0 Å². The minimum Gasteiger partial charge on any atom is -0.497 e. The number of ether oxygens (including phenoxy) is 1. The maximum atomic E-state index is 11.2. The highest BCUT2D eigenvalue weighted by Gasteiger charge is 2.24. The molecule has 1 aliphatic heterocycles. The Morgan fingerprint density at radius 1 is 1.13 bits per heavy atom. The summed E-state index contributed by atoms with van der Waals surface area (Å²) in [6.45, 7) is 3.50. The van der Waals surface area contributed by atoms with E-state index in [1.807, 2.05) is 36.5 Å². The van der Waals surface area contributed by atoms with Crippen molar-refractivity contribution in [3.05, 3.63) is 78.0 Å². The molecule has 0 bridgehead atoms. The number of pyridine rings is 1. The van der Waals surface area contributed by atoms with Gasteiger partial charge in [-0.2, -0.15) is 0 Å². The first kappa shape index (κ1) is 21.1. The summed E-state index contributed by atoms with van der Waals surface area (Å²) < 4.78 is 5.34. The highest BCUT2D eigenvalue weighted by atomic mass is 16.5. The van der Waals surface area contributed by atoms with E-state index in [-0.39, 0.29) is 5.91 Å². The molecule has 5 heteroatoms. The Hall–Kier alpha value is -3.18. The van der Waals surface area contributed by atoms with Crippen LogP contribution in [0, 0.1) is 0 Å². The maximum absolute atomic E-state index is 11.2. The minimum absolute atomic E-state index is 0.0475. The van der Waals surface area contributed by atoms with Crippen molar-refractivity contribution in [3.63, 3.8) is 0 Å². The Kier molecular flexibility index (Phi) is 6.63. The van der Waals surface area contributed by atoms with Gasteiger partial charge in [-0.1, -0.05) is 36.8 Å². The number of likely N-dealkylation sites (tertiary alicyclic amines) is 1. The molecule has 1 fully saturated rings. The SMILES string of the molecule is COc1cccc(-c2ccc(C3CCCCN3Cc3ccc(NC(C)=O)cc3)cn2)c1. The molecule has 31 heavy (non-hydrogen) atoms. The van der Waals surface area contributed by atoms with Crippen LogP contribution in [0.2, 0.25) is 0 Å². The van der Waals surface area contributed by atoms with E-state index in [0.29, 0.717) is 6.04 Å². The van der Waals surface area contributed by atoms with Gasteiger partial charge in [0.1, 0.15) is 5.75 Å². The summed E-state index contributed by atoms with van der Waals surface area (Å²) in [5, 5.41) is 2.83. The van der Waals surface area contributed by atoms with Gasteiger partial charge < -0.3 is 10.1 Å². The Morgan fingerprint density at radius 3 is 2.68 bits per heavy atom. The zero-order valence-electron chi connectivity index (χ0n) is 18.2. The lowest BCUT2D eigenvalue weighted by atomic mass is 9.95. The lowest BCUT2D eigenvalue weighted by molar-refractivity contribution is -0.114. The lowest BCUT2D eigenvalue weighted by Crippen LogP contribution is -2.33. The third kappa shape index (κ3) is 5.30. The number of nitrogens with zero attached hydrogens (tertiary/aromatic N) is 2. The molecule has 0 saturated carbocycles. The summed E-state index contributed by atoms with van der Waals surface area (Å²) in [4.78, 5) is 18.5. The number of aromatic nitrogens is 1. The van der Waals surface area contributed by atoms with E-state index in [4.69, 9.17) is 9.72 Å². The van der Waals surface area contributed by atoms with Gasteiger partial charge in [0.15, 0.2) is 0 Å². The predicted octanol–water partition coefficient (Wildman–Crippen LogP) is 5.44. The molecule has 3 aromatic rings. The van der Waals surface area contributed by atoms with Crippen LogP contribution in [0.25, 0.3) is 11.3 Å². The molecule has 1 N–H and O–H groups in total. The Bertz CT molecular complexity index is 1020. The minimum atomic E-state index is -0.0475. The second kappa shape index (κ2) is 9.75. The molecule has 1 amide bonds. The molecule has 5 nitrogen and oxygen atoms in total. The first-order valence-corrected chi connectivity index (χ1v) is 10.8. The van der Waals surface area contributed by atoms with E-state index in [1.54, 1.807) is 7.11 Å². The molecule has 4 rings (SSSR count). The Morgan fingerprint density at radius 2 is 1.97 bits per heavy atom. The van der Waals surface area contributed by atoms with Crippen molar-refractivity contribution in [1.82, 2.24) is 9.88 Å². The van der Waals surface area contributed by atoms with Crippen molar-refractivity contribution in [2.45, 2.75) is 38.8 Å². The first-order chi connectivity index (χ1) is 15.1. The van der Waals surface area contributed by atoms with Gasteiger partial charge in [0, 0.05) is 37.0 Å². The van der Waals surface area contributed by atoms with Crippen LogP contribution in [-0.4, -0.2) is 29.4 Å². The second-order valence-electron chi connectivity index (χ2n) is 8.07. The monoisotopic (exact) mass is 415 g/mol. The molecular formula is C26H29N3O2. The quantitative estimate of drug-likeness (QED) is 0.582. The van der Waals surface area contributed by atoms with E-state index in [9.17, 15) is 4.79 Å². The number of amides is 1. The number of benzene rings is 2. The number of carbonyl (C=O) groups is 1.